The van der Waals surface area contributed by atoms with Gasteiger partial charge in [-0.05, 0) is 30.4 Å². The van der Waals surface area contributed by atoms with Gasteiger partial charge in [0.2, 0.25) is 5.43 Å². The van der Waals surface area contributed by atoms with E-state index >= 15 is 0 Å². The summed E-state index contributed by atoms with van der Waals surface area (Å²) in [6.07, 6.45) is 3.63. The van der Waals surface area contributed by atoms with Crippen molar-refractivity contribution >= 4 is 23.2 Å². The quantitative estimate of drug-likeness (QED) is 0.476. The Labute approximate surface area is 197 Å². The molecule has 0 unspecified atom stereocenters. The maximum absolute atomic E-state index is 13.1. The number of pyridine rings is 1. The van der Waals surface area contributed by atoms with Gasteiger partial charge in [-0.15, -0.1) is 11.3 Å². The van der Waals surface area contributed by atoms with E-state index < -0.39 is 17.2 Å². The first-order valence-electron chi connectivity index (χ1n) is 10.8. The zero-order valence-corrected chi connectivity index (χ0v) is 19.9. The molecule has 0 aliphatic carbocycles. The highest BCUT2D eigenvalue weighted by Crippen LogP contribution is 2.22. The molecule has 0 bridgehead atoms. The average molecular weight is 468 g/mol. The second kappa shape index (κ2) is 11.6. The SMILES string of the molecule is CC[C@H](NC(=O)c1cn(CCOC)cc(C(=O)NCc2ccc(C)cc2)c1=O)c1cccs1. The minimum atomic E-state index is -0.594. The van der Waals surface area contributed by atoms with E-state index in [1.54, 1.807) is 23.0 Å². The van der Waals surface area contributed by atoms with Gasteiger partial charge in [0, 0.05) is 37.5 Å². The molecule has 3 rings (SSSR count). The molecule has 1 atom stereocenters. The minimum absolute atomic E-state index is 0.0657. The zero-order chi connectivity index (χ0) is 23.8. The van der Waals surface area contributed by atoms with Crippen molar-refractivity contribution in [3.8, 4) is 0 Å². The Morgan fingerprint density at radius 1 is 1.09 bits per heavy atom. The molecule has 174 valence electrons. The molecule has 8 heteroatoms. The Kier molecular flexibility index (Phi) is 8.57. The second-order valence-electron chi connectivity index (χ2n) is 7.76. The van der Waals surface area contributed by atoms with Crippen molar-refractivity contribution in [3.63, 3.8) is 0 Å². The summed E-state index contributed by atoms with van der Waals surface area (Å²) in [6.45, 7) is 5.02. The number of methoxy groups -OCH3 is 1. The summed E-state index contributed by atoms with van der Waals surface area (Å²) >= 11 is 1.55. The standard InChI is InChI=1S/C25H29N3O4S/c1-4-21(22-6-5-13-33-22)27-25(31)20-16-28(11-12-32-3)15-19(23(20)29)24(30)26-14-18-9-7-17(2)8-10-18/h5-10,13,15-16,21H,4,11-12,14H2,1-3H3,(H,26,30)(H,27,31)/t21-/m0/s1. The van der Waals surface area contributed by atoms with Crippen LogP contribution in [0.4, 0.5) is 0 Å². The number of aromatic nitrogens is 1. The van der Waals surface area contributed by atoms with Crippen LogP contribution < -0.4 is 16.1 Å². The predicted octanol–water partition coefficient (Wildman–Crippen LogP) is 3.68. The monoisotopic (exact) mass is 467 g/mol. The van der Waals surface area contributed by atoms with Crippen molar-refractivity contribution < 1.29 is 14.3 Å². The summed E-state index contributed by atoms with van der Waals surface area (Å²) in [5.74, 6) is -1.02. The van der Waals surface area contributed by atoms with Crippen molar-refractivity contribution in [3.05, 3.63) is 91.5 Å². The summed E-state index contributed by atoms with van der Waals surface area (Å²) in [4.78, 5) is 40.1. The number of hydrogen-bond acceptors (Lipinski definition) is 5. The lowest BCUT2D eigenvalue weighted by molar-refractivity contribution is 0.0933. The number of benzene rings is 1. The van der Waals surface area contributed by atoms with E-state index in [0.717, 1.165) is 16.0 Å². The van der Waals surface area contributed by atoms with Gasteiger partial charge in [0.05, 0.1) is 12.6 Å². The fourth-order valence-electron chi connectivity index (χ4n) is 3.36. The molecule has 0 fully saturated rings. The van der Waals surface area contributed by atoms with Crippen LogP contribution in [-0.2, 0) is 17.8 Å². The molecule has 33 heavy (non-hydrogen) atoms. The van der Waals surface area contributed by atoms with Crippen molar-refractivity contribution in [1.29, 1.82) is 0 Å². The second-order valence-corrected chi connectivity index (χ2v) is 8.74. The van der Waals surface area contributed by atoms with Gasteiger partial charge in [0.15, 0.2) is 0 Å². The van der Waals surface area contributed by atoms with Crippen LogP contribution >= 0.6 is 11.3 Å². The molecule has 0 aliphatic rings. The summed E-state index contributed by atoms with van der Waals surface area (Å²) in [5, 5.41) is 7.67. The summed E-state index contributed by atoms with van der Waals surface area (Å²) in [6, 6.07) is 11.4. The third kappa shape index (κ3) is 6.40. The smallest absolute Gasteiger partial charge is 0.257 e. The van der Waals surface area contributed by atoms with E-state index in [2.05, 4.69) is 10.6 Å². The van der Waals surface area contributed by atoms with Crippen molar-refractivity contribution in [1.82, 2.24) is 15.2 Å². The molecule has 7 nitrogen and oxygen atoms in total. The molecular weight excluding hydrogens is 438 g/mol. The van der Waals surface area contributed by atoms with Gasteiger partial charge in [-0.25, -0.2) is 0 Å². The van der Waals surface area contributed by atoms with Gasteiger partial charge in [-0.3, -0.25) is 14.4 Å². The average Bonchev–Trinajstić information content (AvgIpc) is 3.36. The molecule has 0 spiro atoms. The van der Waals surface area contributed by atoms with E-state index in [1.807, 2.05) is 55.6 Å². The summed E-state index contributed by atoms with van der Waals surface area (Å²) in [7, 11) is 1.57. The molecule has 2 heterocycles. The highest BCUT2D eigenvalue weighted by atomic mass is 32.1. The number of carbonyl (C=O) groups is 2. The predicted molar refractivity (Wildman–Crippen MR) is 130 cm³/mol. The summed E-state index contributed by atoms with van der Waals surface area (Å²) < 4.78 is 6.77. The third-order valence-corrected chi connectivity index (χ3v) is 6.28. The number of aryl methyl sites for hydroxylation is 1. The fourth-order valence-corrected chi connectivity index (χ4v) is 4.23. The number of thiophene rings is 1. The highest BCUT2D eigenvalue weighted by molar-refractivity contribution is 7.10. The van der Waals surface area contributed by atoms with Crippen LogP contribution in [0.3, 0.4) is 0 Å². The molecule has 0 saturated carbocycles. The maximum Gasteiger partial charge on any atom is 0.257 e. The zero-order valence-electron chi connectivity index (χ0n) is 19.1. The maximum atomic E-state index is 13.1. The Hall–Kier alpha value is -3.23. The normalized spacial score (nSPS) is 11.7. The number of carbonyl (C=O) groups excluding carboxylic acids is 2. The van der Waals surface area contributed by atoms with E-state index in [-0.39, 0.29) is 23.7 Å². The van der Waals surface area contributed by atoms with Gasteiger partial charge in [-0.1, -0.05) is 42.8 Å². The molecule has 0 saturated heterocycles. The third-order valence-electron chi connectivity index (χ3n) is 5.30. The lowest BCUT2D eigenvalue weighted by atomic mass is 10.1. The molecule has 3 aromatic rings. The van der Waals surface area contributed by atoms with Gasteiger partial charge < -0.3 is 19.9 Å². The topological polar surface area (TPSA) is 89.4 Å². The van der Waals surface area contributed by atoms with Gasteiger partial charge in [-0.2, -0.15) is 0 Å². The van der Waals surface area contributed by atoms with Crippen LogP contribution in [0.15, 0.2) is 59.0 Å². The molecule has 0 radical (unpaired) electrons. The highest BCUT2D eigenvalue weighted by Gasteiger charge is 2.22. The Balaban J connectivity index is 1.85. The molecule has 2 N–H and O–H groups in total. The van der Waals surface area contributed by atoms with E-state index in [0.29, 0.717) is 19.6 Å². The molecule has 0 aliphatic heterocycles. The molecule has 2 aromatic heterocycles. The Morgan fingerprint density at radius 2 is 1.79 bits per heavy atom. The lowest BCUT2D eigenvalue weighted by Crippen LogP contribution is -2.36. The number of nitrogens with one attached hydrogen (secondary N) is 2. The van der Waals surface area contributed by atoms with Crippen molar-refractivity contribution in [2.45, 2.75) is 39.4 Å². The van der Waals surface area contributed by atoms with Crippen LogP contribution in [0.5, 0.6) is 0 Å². The van der Waals surface area contributed by atoms with E-state index in [4.69, 9.17) is 4.74 Å². The van der Waals surface area contributed by atoms with Gasteiger partial charge in [0.1, 0.15) is 11.1 Å². The van der Waals surface area contributed by atoms with E-state index in [9.17, 15) is 14.4 Å². The Bertz CT molecular complexity index is 1140. The number of amides is 2. The van der Waals surface area contributed by atoms with Gasteiger partial charge >= 0.3 is 0 Å². The van der Waals surface area contributed by atoms with Gasteiger partial charge in [0.25, 0.3) is 11.8 Å². The molecule has 2 amide bonds. The van der Waals surface area contributed by atoms with Crippen LogP contribution in [0.25, 0.3) is 0 Å². The molecule has 1 aromatic carbocycles. The number of ether oxygens (including phenoxy) is 1. The lowest BCUT2D eigenvalue weighted by Gasteiger charge is -2.17. The number of rotatable bonds is 10. The minimum Gasteiger partial charge on any atom is -0.383 e. The van der Waals surface area contributed by atoms with Crippen LogP contribution in [-0.4, -0.2) is 30.1 Å². The Morgan fingerprint density at radius 3 is 2.39 bits per heavy atom. The first kappa shape index (κ1) is 24.4. The van der Waals surface area contributed by atoms with Crippen LogP contribution in [0.1, 0.15) is 56.1 Å². The number of nitrogens with zero attached hydrogens (tertiary/aromatic N) is 1. The fraction of sp³-hybridized carbons (Fsp3) is 0.320. The molecular formula is C25H29N3O4S. The van der Waals surface area contributed by atoms with Crippen LogP contribution in [0, 0.1) is 6.92 Å². The number of hydrogen-bond donors (Lipinski definition) is 2. The van der Waals surface area contributed by atoms with E-state index in [1.165, 1.54) is 12.4 Å². The first-order chi connectivity index (χ1) is 15.9. The van der Waals surface area contributed by atoms with Crippen LogP contribution in [0.2, 0.25) is 0 Å². The van der Waals surface area contributed by atoms with Crippen molar-refractivity contribution in [2.24, 2.45) is 0 Å². The largest absolute Gasteiger partial charge is 0.383 e. The first-order valence-corrected chi connectivity index (χ1v) is 11.7. The summed E-state index contributed by atoms with van der Waals surface area (Å²) in [5.41, 5.74) is 1.31. The van der Waals surface area contributed by atoms with Crippen molar-refractivity contribution in [2.75, 3.05) is 13.7 Å².